The van der Waals surface area contributed by atoms with Crippen molar-refractivity contribution in [3.63, 3.8) is 0 Å². The van der Waals surface area contributed by atoms with E-state index >= 15 is 0 Å². The van der Waals surface area contributed by atoms with Crippen LogP contribution in [0.5, 0.6) is 0 Å². The molecule has 21 heavy (non-hydrogen) atoms. The van der Waals surface area contributed by atoms with Gasteiger partial charge in [-0.25, -0.2) is 0 Å². The van der Waals surface area contributed by atoms with E-state index in [-0.39, 0.29) is 18.4 Å². The molecule has 1 fully saturated rings. The number of nitrogens with one attached hydrogen (secondary N) is 2. The fourth-order valence-corrected chi connectivity index (χ4v) is 2.41. The summed E-state index contributed by atoms with van der Waals surface area (Å²) in [5.74, 6) is -0.209. The summed E-state index contributed by atoms with van der Waals surface area (Å²) in [6.45, 7) is 2.81. The first-order chi connectivity index (χ1) is 9.86. The minimum atomic E-state index is -4.36. The maximum atomic E-state index is 12.6. The first-order valence-corrected chi connectivity index (χ1v) is 7.03. The number of benzene rings is 1. The Labute approximate surface area is 121 Å². The Morgan fingerprint density at radius 2 is 2.14 bits per heavy atom. The first-order valence-electron chi connectivity index (χ1n) is 7.03. The fourth-order valence-electron chi connectivity index (χ4n) is 2.41. The van der Waals surface area contributed by atoms with Gasteiger partial charge < -0.3 is 10.6 Å². The van der Waals surface area contributed by atoms with Gasteiger partial charge >= 0.3 is 6.18 Å². The smallest absolute Gasteiger partial charge is 0.352 e. The SMILES string of the molecule is CC1CCC(C(=O)NCc2cccc(C(F)(F)F)c2)CN1. The monoisotopic (exact) mass is 300 g/mol. The first kappa shape index (κ1) is 15.8. The molecular formula is C15H19F3N2O. The minimum Gasteiger partial charge on any atom is -0.352 e. The highest BCUT2D eigenvalue weighted by Gasteiger charge is 2.30. The van der Waals surface area contributed by atoms with Crippen molar-refractivity contribution in [2.24, 2.45) is 5.92 Å². The second kappa shape index (κ2) is 6.47. The van der Waals surface area contributed by atoms with Crippen LogP contribution in [0.15, 0.2) is 24.3 Å². The predicted octanol–water partition coefficient (Wildman–Crippen LogP) is 2.71. The van der Waals surface area contributed by atoms with Crippen LogP contribution in [0, 0.1) is 5.92 Å². The molecule has 1 aromatic rings. The van der Waals surface area contributed by atoms with Crippen molar-refractivity contribution in [3.05, 3.63) is 35.4 Å². The average Bonchev–Trinajstić information content (AvgIpc) is 2.45. The summed E-state index contributed by atoms with van der Waals surface area (Å²) >= 11 is 0. The molecule has 116 valence electrons. The van der Waals surface area contributed by atoms with E-state index in [1.807, 2.05) is 0 Å². The lowest BCUT2D eigenvalue weighted by atomic mass is 9.95. The topological polar surface area (TPSA) is 41.1 Å². The maximum Gasteiger partial charge on any atom is 0.416 e. The number of hydrogen-bond acceptors (Lipinski definition) is 2. The molecule has 2 unspecified atom stereocenters. The Morgan fingerprint density at radius 1 is 1.38 bits per heavy atom. The molecule has 0 spiro atoms. The number of carbonyl (C=O) groups is 1. The highest BCUT2D eigenvalue weighted by molar-refractivity contribution is 5.79. The third-order valence-electron chi connectivity index (χ3n) is 3.75. The van der Waals surface area contributed by atoms with Crippen molar-refractivity contribution in [1.29, 1.82) is 0 Å². The van der Waals surface area contributed by atoms with Gasteiger partial charge in [0.15, 0.2) is 0 Å². The molecule has 1 heterocycles. The second-order valence-corrected chi connectivity index (χ2v) is 5.50. The van der Waals surface area contributed by atoms with Gasteiger partial charge in [-0.1, -0.05) is 12.1 Å². The molecule has 0 radical (unpaired) electrons. The van der Waals surface area contributed by atoms with Crippen LogP contribution in [0.3, 0.4) is 0 Å². The number of rotatable bonds is 3. The molecule has 1 aliphatic rings. The van der Waals surface area contributed by atoms with E-state index < -0.39 is 11.7 Å². The third-order valence-corrected chi connectivity index (χ3v) is 3.75. The number of carbonyl (C=O) groups excluding carboxylic acids is 1. The minimum absolute atomic E-state index is 0.105. The molecule has 3 nitrogen and oxygen atoms in total. The molecule has 0 aromatic heterocycles. The molecule has 1 aliphatic heterocycles. The predicted molar refractivity (Wildman–Crippen MR) is 73.5 cm³/mol. The summed E-state index contributed by atoms with van der Waals surface area (Å²) < 4.78 is 37.8. The summed E-state index contributed by atoms with van der Waals surface area (Å²) in [6, 6.07) is 5.45. The highest BCUT2D eigenvalue weighted by Crippen LogP contribution is 2.29. The van der Waals surface area contributed by atoms with E-state index in [4.69, 9.17) is 0 Å². The van der Waals surface area contributed by atoms with Crippen LogP contribution in [0.1, 0.15) is 30.9 Å². The number of piperidine rings is 1. The van der Waals surface area contributed by atoms with E-state index in [1.54, 1.807) is 6.07 Å². The molecule has 2 rings (SSSR count). The molecule has 0 aliphatic carbocycles. The Hall–Kier alpha value is -1.56. The highest BCUT2D eigenvalue weighted by atomic mass is 19.4. The van der Waals surface area contributed by atoms with Gasteiger partial charge in [-0.15, -0.1) is 0 Å². The van der Waals surface area contributed by atoms with Crippen molar-refractivity contribution in [2.45, 2.75) is 38.5 Å². The quantitative estimate of drug-likeness (QED) is 0.901. The molecule has 0 saturated carbocycles. The molecule has 1 aromatic carbocycles. The molecular weight excluding hydrogens is 281 g/mol. The van der Waals surface area contributed by atoms with Crippen molar-refractivity contribution < 1.29 is 18.0 Å². The van der Waals surface area contributed by atoms with Crippen LogP contribution >= 0.6 is 0 Å². The van der Waals surface area contributed by atoms with E-state index in [1.165, 1.54) is 6.07 Å². The lowest BCUT2D eigenvalue weighted by Crippen LogP contribution is -2.43. The van der Waals surface area contributed by atoms with Crippen molar-refractivity contribution in [3.8, 4) is 0 Å². The van der Waals surface area contributed by atoms with Gasteiger partial charge in [0, 0.05) is 19.1 Å². The molecule has 6 heteroatoms. The van der Waals surface area contributed by atoms with E-state index in [2.05, 4.69) is 17.6 Å². The summed E-state index contributed by atoms with van der Waals surface area (Å²) in [5.41, 5.74) is -0.238. The van der Waals surface area contributed by atoms with Gasteiger partial charge in [0.1, 0.15) is 0 Å². The molecule has 2 atom stereocenters. The van der Waals surface area contributed by atoms with Crippen LogP contribution in [0.2, 0.25) is 0 Å². The van der Waals surface area contributed by atoms with E-state index in [0.717, 1.165) is 25.0 Å². The summed E-state index contributed by atoms with van der Waals surface area (Å²) in [7, 11) is 0. The zero-order valence-electron chi connectivity index (χ0n) is 11.8. The number of alkyl halides is 3. The maximum absolute atomic E-state index is 12.6. The Kier molecular flexibility index (Phi) is 4.88. The summed E-state index contributed by atoms with van der Waals surface area (Å²) in [5, 5.41) is 5.95. The van der Waals surface area contributed by atoms with Crippen LogP contribution < -0.4 is 10.6 Å². The second-order valence-electron chi connectivity index (χ2n) is 5.50. The van der Waals surface area contributed by atoms with Gasteiger partial charge in [-0.05, 0) is 37.5 Å². The van der Waals surface area contributed by atoms with Gasteiger partial charge in [-0.3, -0.25) is 4.79 Å². The van der Waals surface area contributed by atoms with E-state index in [0.29, 0.717) is 18.2 Å². The molecule has 1 saturated heterocycles. The Balaban J connectivity index is 1.89. The van der Waals surface area contributed by atoms with Gasteiger partial charge in [0.25, 0.3) is 0 Å². The van der Waals surface area contributed by atoms with Gasteiger partial charge in [0.2, 0.25) is 5.91 Å². The normalized spacial score (nSPS) is 22.9. The molecule has 1 amide bonds. The number of amides is 1. The van der Waals surface area contributed by atoms with Crippen molar-refractivity contribution >= 4 is 5.91 Å². The van der Waals surface area contributed by atoms with Crippen molar-refractivity contribution in [2.75, 3.05) is 6.54 Å². The number of halogens is 3. The number of hydrogen-bond donors (Lipinski definition) is 2. The van der Waals surface area contributed by atoms with Crippen LogP contribution in [0.25, 0.3) is 0 Å². The van der Waals surface area contributed by atoms with Gasteiger partial charge in [-0.2, -0.15) is 13.2 Å². The van der Waals surface area contributed by atoms with Crippen LogP contribution in [-0.4, -0.2) is 18.5 Å². The van der Waals surface area contributed by atoms with E-state index in [9.17, 15) is 18.0 Å². The lowest BCUT2D eigenvalue weighted by Gasteiger charge is -2.26. The molecule has 2 N–H and O–H groups in total. The Bertz CT molecular complexity index is 494. The Morgan fingerprint density at radius 3 is 2.76 bits per heavy atom. The fraction of sp³-hybridized carbons (Fsp3) is 0.533. The third kappa shape index (κ3) is 4.46. The van der Waals surface area contributed by atoms with Gasteiger partial charge in [0.05, 0.1) is 11.5 Å². The lowest BCUT2D eigenvalue weighted by molar-refractivity contribution is -0.137. The van der Waals surface area contributed by atoms with Crippen LogP contribution in [-0.2, 0) is 17.5 Å². The summed E-state index contributed by atoms with van der Waals surface area (Å²) in [6.07, 6.45) is -2.62. The average molecular weight is 300 g/mol. The molecule has 0 bridgehead atoms. The van der Waals surface area contributed by atoms with Crippen molar-refractivity contribution in [1.82, 2.24) is 10.6 Å². The zero-order chi connectivity index (χ0) is 15.5. The zero-order valence-corrected chi connectivity index (χ0v) is 11.8. The van der Waals surface area contributed by atoms with Crippen LogP contribution in [0.4, 0.5) is 13.2 Å². The summed E-state index contributed by atoms with van der Waals surface area (Å²) in [4.78, 5) is 12.0. The standard InChI is InChI=1S/C15H19F3N2O/c1-10-5-6-12(9-19-10)14(21)20-8-11-3-2-4-13(7-11)15(16,17)18/h2-4,7,10,12,19H,5-6,8-9H2,1H3,(H,20,21). The largest absolute Gasteiger partial charge is 0.416 e.